The summed E-state index contributed by atoms with van der Waals surface area (Å²) >= 11 is 0. The van der Waals surface area contributed by atoms with Crippen LogP contribution in [-0.2, 0) is 0 Å². The standard InChI is InChI=1S/C10H11NO2/c1-13-9-5-4-8(6-11-9)10(12)7-2-3-7/h4-7H,2-3H2,1H3. The predicted molar refractivity (Wildman–Crippen MR) is 47.8 cm³/mol. The molecule has 2 rings (SSSR count). The van der Waals surface area contributed by atoms with Crippen LogP contribution < -0.4 is 4.74 Å². The minimum absolute atomic E-state index is 0.218. The Labute approximate surface area is 76.7 Å². The lowest BCUT2D eigenvalue weighted by atomic mass is 10.1. The van der Waals surface area contributed by atoms with Crippen molar-refractivity contribution in [1.29, 1.82) is 0 Å². The van der Waals surface area contributed by atoms with Gasteiger partial charge in [0.15, 0.2) is 5.78 Å². The molecule has 0 aliphatic heterocycles. The highest BCUT2D eigenvalue weighted by molar-refractivity contribution is 5.99. The van der Waals surface area contributed by atoms with E-state index in [9.17, 15) is 4.79 Å². The van der Waals surface area contributed by atoms with E-state index in [-0.39, 0.29) is 11.7 Å². The molecule has 1 fully saturated rings. The van der Waals surface area contributed by atoms with E-state index in [1.165, 1.54) is 0 Å². The molecule has 0 aromatic carbocycles. The summed E-state index contributed by atoms with van der Waals surface area (Å²) < 4.78 is 4.90. The van der Waals surface area contributed by atoms with Crippen molar-refractivity contribution < 1.29 is 9.53 Å². The number of carbonyl (C=O) groups is 1. The quantitative estimate of drug-likeness (QED) is 0.659. The van der Waals surface area contributed by atoms with Gasteiger partial charge in [0.1, 0.15) is 0 Å². The Kier molecular flexibility index (Phi) is 2.00. The maximum Gasteiger partial charge on any atom is 0.212 e. The van der Waals surface area contributed by atoms with Gasteiger partial charge < -0.3 is 4.74 Å². The van der Waals surface area contributed by atoms with E-state index in [2.05, 4.69) is 4.98 Å². The minimum atomic E-state index is 0.218. The van der Waals surface area contributed by atoms with Crippen molar-refractivity contribution in [3.05, 3.63) is 23.9 Å². The number of carbonyl (C=O) groups excluding carboxylic acids is 1. The molecule has 1 aliphatic carbocycles. The van der Waals surface area contributed by atoms with Crippen molar-refractivity contribution in [2.75, 3.05) is 7.11 Å². The van der Waals surface area contributed by atoms with Crippen molar-refractivity contribution in [1.82, 2.24) is 4.98 Å². The number of nitrogens with zero attached hydrogens (tertiary/aromatic N) is 1. The van der Waals surface area contributed by atoms with Crippen molar-refractivity contribution >= 4 is 5.78 Å². The van der Waals surface area contributed by atoms with E-state index < -0.39 is 0 Å². The van der Waals surface area contributed by atoms with Gasteiger partial charge in [0.2, 0.25) is 5.88 Å². The molecule has 1 heterocycles. The third-order valence-electron chi connectivity index (χ3n) is 2.18. The van der Waals surface area contributed by atoms with Crippen LogP contribution in [-0.4, -0.2) is 17.9 Å². The molecule has 1 aromatic rings. The van der Waals surface area contributed by atoms with Gasteiger partial charge in [-0.2, -0.15) is 0 Å². The largest absolute Gasteiger partial charge is 0.481 e. The number of Topliss-reactive ketones (excluding diaryl/α,β-unsaturated/α-hetero) is 1. The molecule has 1 aromatic heterocycles. The third-order valence-corrected chi connectivity index (χ3v) is 2.18. The maximum absolute atomic E-state index is 11.5. The second-order valence-electron chi connectivity index (χ2n) is 3.23. The summed E-state index contributed by atoms with van der Waals surface area (Å²) in [6, 6.07) is 3.49. The Morgan fingerprint density at radius 3 is 2.77 bits per heavy atom. The van der Waals surface area contributed by atoms with Gasteiger partial charge in [-0.25, -0.2) is 4.98 Å². The molecule has 3 nitrogen and oxygen atoms in total. The first-order chi connectivity index (χ1) is 6.31. The molecule has 0 amide bonds. The molecule has 1 saturated carbocycles. The first kappa shape index (κ1) is 8.23. The average molecular weight is 177 g/mol. The fourth-order valence-electron chi connectivity index (χ4n) is 1.23. The molecule has 0 radical (unpaired) electrons. The fourth-order valence-corrected chi connectivity index (χ4v) is 1.23. The minimum Gasteiger partial charge on any atom is -0.481 e. The topological polar surface area (TPSA) is 39.2 Å². The molecule has 3 heteroatoms. The summed E-state index contributed by atoms with van der Waals surface area (Å²) in [7, 11) is 1.56. The van der Waals surface area contributed by atoms with Crippen LogP contribution in [0.3, 0.4) is 0 Å². The number of pyridine rings is 1. The molecular weight excluding hydrogens is 166 g/mol. The highest BCUT2D eigenvalue weighted by Gasteiger charge is 2.30. The number of ether oxygens (including phenoxy) is 1. The molecule has 13 heavy (non-hydrogen) atoms. The number of aromatic nitrogens is 1. The summed E-state index contributed by atoms with van der Waals surface area (Å²) in [4.78, 5) is 15.5. The third kappa shape index (κ3) is 1.69. The second kappa shape index (κ2) is 3.17. The Morgan fingerprint density at radius 1 is 1.54 bits per heavy atom. The molecule has 0 spiro atoms. The molecular formula is C10H11NO2. The van der Waals surface area contributed by atoms with Crippen molar-refractivity contribution in [3.8, 4) is 5.88 Å². The summed E-state index contributed by atoms with van der Waals surface area (Å²) in [5, 5.41) is 0. The highest BCUT2D eigenvalue weighted by Crippen LogP contribution is 2.32. The lowest BCUT2D eigenvalue weighted by Gasteiger charge is -1.99. The van der Waals surface area contributed by atoms with Gasteiger partial charge in [0.25, 0.3) is 0 Å². The van der Waals surface area contributed by atoms with Crippen LogP contribution in [0.25, 0.3) is 0 Å². The Morgan fingerprint density at radius 2 is 2.31 bits per heavy atom. The number of ketones is 1. The lowest BCUT2D eigenvalue weighted by molar-refractivity contribution is 0.0967. The van der Waals surface area contributed by atoms with Gasteiger partial charge in [0.05, 0.1) is 7.11 Å². The number of hydrogen-bond donors (Lipinski definition) is 0. The first-order valence-electron chi connectivity index (χ1n) is 4.35. The molecule has 68 valence electrons. The summed E-state index contributed by atoms with van der Waals surface area (Å²) in [5.41, 5.74) is 0.698. The zero-order valence-corrected chi connectivity index (χ0v) is 7.49. The van der Waals surface area contributed by atoms with E-state index >= 15 is 0 Å². The van der Waals surface area contributed by atoms with E-state index in [0.29, 0.717) is 11.4 Å². The Balaban J connectivity index is 2.16. The Bertz CT molecular complexity index is 314. The fraction of sp³-hybridized carbons (Fsp3) is 0.400. The number of rotatable bonds is 3. The average Bonchev–Trinajstić information content (AvgIpc) is 3.00. The SMILES string of the molecule is COc1ccc(C(=O)C2CC2)cn1. The van der Waals surface area contributed by atoms with Gasteiger partial charge in [0, 0.05) is 23.7 Å². The predicted octanol–water partition coefficient (Wildman–Crippen LogP) is 1.68. The van der Waals surface area contributed by atoms with E-state index in [1.807, 2.05) is 0 Å². The molecule has 0 N–H and O–H groups in total. The van der Waals surface area contributed by atoms with Crippen LogP contribution in [0.15, 0.2) is 18.3 Å². The van der Waals surface area contributed by atoms with Crippen LogP contribution in [0.4, 0.5) is 0 Å². The highest BCUT2D eigenvalue weighted by atomic mass is 16.5. The summed E-state index contributed by atoms with van der Waals surface area (Å²) in [6.07, 6.45) is 3.65. The number of methoxy groups -OCH3 is 1. The van der Waals surface area contributed by atoms with Crippen molar-refractivity contribution in [3.63, 3.8) is 0 Å². The summed E-state index contributed by atoms with van der Waals surface area (Å²) in [5.74, 6) is 1.03. The van der Waals surface area contributed by atoms with Crippen LogP contribution in [0.1, 0.15) is 23.2 Å². The van der Waals surface area contributed by atoms with Crippen LogP contribution >= 0.6 is 0 Å². The zero-order valence-electron chi connectivity index (χ0n) is 7.49. The molecule has 1 aliphatic rings. The van der Waals surface area contributed by atoms with E-state index in [4.69, 9.17) is 4.74 Å². The first-order valence-corrected chi connectivity index (χ1v) is 4.35. The number of hydrogen-bond acceptors (Lipinski definition) is 3. The van der Waals surface area contributed by atoms with Gasteiger partial charge in [-0.1, -0.05) is 0 Å². The van der Waals surface area contributed by atoms with Crippen LogP contribution in [0.2, 0.25) is 0 Å². The van der Waals surface area contributed by atoms with Gasteiger partial charge in [-0.15, -0.1) is 0 Å². The zero-order chi connectivity index (χ0) is 9.26. The molecule has 0 bridgehead atoms. The van der Waals surface area contributed by atoms with E-state index in [0.717, 1.165) is 12.8 Å². The molecule has 0 saturated heterocycles. The summed E-state index contributed by atoms with van der Waals surface area (Å²) in [6.45, 7) is 0. The second-order valence-corrected chi connectivity index (χ2v) is 3.23. The lowest BCUT2D eigenvalue weighted by Crippen LogP contribution is -2.01. The normalized spacial score (nSPS) is 15.5. The van der Waals surface area contributed by atoms with E-state index in [1.54, 1.807) is 25.4 Å². The van der Waals surface area contributed by atoms with Crippen molar-refractivity contribution in [2.45, 2.75) is 12.8 Å². The monoisotopic (exact) mass is 177 g/mol. The molecule has 0 unspecified atom stereocenters. The van der Waals surface area contributed by atoms with Crippen LogP contribution in [0, 0.1) is 5.92 Å². The van der Waals surface area contributed by atoms with Gasteiger partial charge >= 0.3 is 0 Å². The van der Waals surface area contributed by atoms with Gasteiger partial charge in [-0.05, 0) is 18.9 Å². The Hall–Kier alpha value is -1.38. The smallest absolute Gasteiger partial charge is 0.212 e. The van der Waals surface area contributed by atoms with Crippen molar-refractivity contribution in [2.24, 2.45) is 5.92 Å². The van der Waals surface area contributed by atoms with Gasteiger partial charge in [-0.3, -0.25) is 4.79 Å². The molecule has 0 atom stereocenters. The van der Waals surface area contributed by atoms with Crippen LogP contribution in [0.5, 0.6) is 5.88 Å². The maximum atomic E-state index is 11.5.